The summed E-state index contributed by atoms with van der Waals surface area (Å²) >= 11 is 5.89. The second-order valence-corrected chi connectivity index (χ2v) is 5.86. The molecule has 2 aromatic carbocycles. The molecule has 0 radical (unpaired) electrons. The van der Waals surface area contributed by atoms with E-state index in [9.17, 15) is 4.79 Å². The normalized spacial score (nSPS) is 14.5. The second-order valence-electron chi connectivity index (χ2n) is 5.42. The quantitative estimate of drug-likeness (QED) is 0.736. The van der Waals surface area contributed by atoms with Crippen LogP contribution in [0.5, 0.6) is 5.75 Å². The number of rotatable bonds is 5. The highest BCUT2D eigenvalue weighted by atomic mass is 35.5. The number of hydrogen-bond donors (Lipinski definition) is 0. The van der Waals surface area contributed by atoms with Crippen LogP contribution in [0.3, 0.4) is 0 Å². The second kappa shape index (κ2) is 6.31. The van der Waals surface area contributed by atoms with Crippen molar-refractivity contribution in [1.29, 1.82) is 0 Å². The topological polar surface area (TPSA) is 26.3 Å². The van der Waals surface area contributed by atoms with E-state index in [4.69, 9.17) is 16.3 Å². The summed E-state index contributed by atoms with van der Waals surface area (Å²) in [5.41, 5.74) is 2.00. The summed E-state index contributed by atoms with van der Waals surface area (Å²) in [6.45, 7) is 0.0362. The van der Waals surface area contributed by atoms with Crippen molar-refractivity contribution in [3.8, 4) is 5.75 Å². The molecule has 3 heteroatoms. The molecule has 1 fully saturated rings. The van der Waals surface area contributed by atoms with Gasteiger partial charge in [-0.3, -0.25) is 4.79 Å². The number of carbonyl (C=O) groups excluding carboxylic acids is 1. The SMILES string of the molecule is O=C(COc1cccc(Cl)c1)c1cccc(C2CCC2)c1. The van der Waals surface area contributed by atoms with Crippen molar-refractivity contribution in [3.05, 3.63) is 64.7 Å². The number of ether oxygens (including phenoxy) is 1. The standard InChI is InChI=1S/C18H17ClO2/c19-16-8-3-9-17(11-16)21-12-18(20)15-7-2-6-14(10-15)13-4-1-5-13/h2-3,6-11,13H,1,4-5,12H2. The smallest absolute Gasteiger partial charge is 0.200 e. The van der Waals surface area contributed by atoms with E-state index in [-0.39, 0.29) is 12.4 Å². The van der Waals surface area contributed by atoms with Gasteiger partial charge < -0.3 is 4.74 Å². The Balaban J connectivity index is 1.65. The molecule has 1 saturated carbocycles. The molecule has 0 amide bonds. The van der Waals surface area contributed by atoms with Crippen molar-refractivity contribution >= 4 is 17.4 Å². The minimum Gasteiger partial charge on any atom is -0.485 e. The molecule has 2 nitrogen and oxygen atoms in total. The molecule has 0 heterocycles. The highest BCUT2D eigenvalue weighted by Crippen LogP contribution is 2.36. The van der Waals surface area contributed by atoms with Gasteiger partial charge in [0, 0.05) is 10.6 Å². The maximum atomic E-state index is 12.2. The van der Waals surface area contributed by atoms with Crippen molar-refractivity contribution < 1.29 is 9.53 Å². The van der Waals surface area contributed by atoms with Gasteiger partial charge in [-0.25, -0.2) is 0 Å². The van der Waals surface area contributed by atoms with E-state index in [0.29, 0.717) is 16.7 Å². The average molecular weight is 301 g/mol. The van der Waals surface area contributed by atoms with E-state index >= 15 is 0 Å². The molecule has 108 valence electrons. The van der Waals surface area contributed by atoms with Crippen molar-refractivity contribution in [1.82, 2.24) is 0 Å². The van der Waals surface area contributed by atoms with E-state index in [1.165, 1.54) is 24.8 Å². The number of ketones is 1. The van der Waals surface area contributed by atoms with Crippen LogP contribution in [0.4, 0.5) is 0 Å². The molecule has 0 atom stereocenters. The van der Waals surface area contributed by atoms with Crippen LogP contribution in [0, 0.1) is 0 Å². The predicted molar refractivity (Wildman–Crippen MR) is 84.3 cm³/mol. The Morgan fingerprint density at radius 2 is 1.95 bits per heavy atom. The van der Waals surface area contributed by atoms with Crippen LogP contribution in [0.15, 0.2) is 48.5 Å². The van der Waals surface area contributed by atoms with E-state index < -0.39 is 0 Å². The minimum absolute atomic E-state index is 0.00357. The van der Waals surface area contributed by atoms with Crippen molar-refractivity contribution in [2.75, 3.05) is 6.61 Å². The molecule has 21 heavy (non-hydrogen) atoms. The molecule has 0 bridgehead atoms. The predicted octanol–water partition coefficient (Wildman–Crippen LogP) is 4.87. The van der Waals surface area contributed by atoms with Crippen molar-refractivity contribution in [2.45, 2.75) is 25.2 Å². The molecule has 1 aliphatic rings. The monoisotopic (exact) mass is 300 g/mol. The fraction of sp³-hybridized carbons (Fsp3) is 0.278. The lowest BCUT2D eigenvalue weighted by Gasteiger charge is -2.26. The number of hydrogen-bond acceptors (Lipinski definition) is 2. The summed E-state index contributed by atoms with van der Waals surface area (Å²) in [7, 11) is 0. The Kier molecular flexibility index (Phi) is 4.26. The van der Waals surface area contributed by atoms with Gasteiger partial charge in [0.25, 0.3) is 0 Å². The zero-order valence-corrected chi connectivity index (χ0v) is 12.5. The molecule has 0 unspecified atom stereocenters. The summed E-state index contributed by atoms with van der Waals surface area (Å²) in [5, 5.41) is 0.604. The third kappa shape index (κ3) is 3.45. The molecule has 0 N–H and O–H groups in total. The number of benzene rings is 2. The third-order valence-electron chi connectivity index (χ3n) is 3.95. The van der Waals surface area contributed by atoms with Crippen LogP contribution in [0.2, 0.25) is 5.02 Å². The Morgan fingerprint density at radius 3 is 2.67 bits per heavy atom. The van der Waals surface area contributed by atoms with Gasteiger partial charge in [-0.15, -0.1) is 0 Å². The number of carbonyl (C=O) groups is 1. The first-order valence-corrected chi connectivity index (χ1v) is 7.62. The van der Waals surface area contributed by atoms with E-state index in [1.807, 2.05) is 18.2 Å². The van der Waals surface area contributed by atoms with Gasteiger partial charge in [-0.1, -0.05) is 42.3 Å². The van der Waals surface area contributed by atoms with Gasteiger partial charge in [-0.05, 0) is 48.6 Å². The molecular weight excluding hydrogens is 284 g/mol. The van der Waals surface area contributed by atoms with E-state index in [0.717, 1.165) is 5.56 Å². The molecule has 0 spiro atoms. The molecule has 3 rings (SSSR count). The number of halogens is 1. The number of Topliss-reactive ketones (excluding diaryl/α,β-unsaturated/α-hetero) is 1. The van der Waals surface area contributed by atoms with Crippen LogP contribution in [0.25, 0.3) is 0 Å². The fourth-order valence-corrected chi connectivity index (χ4v) is 2.68. The van der Waals surface area contributed by atoms with E-state index in [1.54, 1.807) is 24.3 Å². The Bertz CT molecular complexity index is 647. The first-order chi connectivity index (χ1) is 10.2. The van der Waals surface area contributed by atoms with Gasteiger partial charge in [0.15, 0.2) is 12.4 Å². The van der Waals surface area contributed by atoms with E-state index in [2.05, 4.69) is 6.07 Å². The molecular formula is C18H17ClO2. The van der Waals surface area contributed by atoms with Crippen LogP contribution in [0.1, 0.15) is 41.1 Å². The van der Waals surface area contributed by atoms with Crippen LogP contribution >= 0.6 is 11.6 Å². The van der Waals surface area contributed by atoms with Gasteiger partial charge >= 0.3 is 0 Å². The summed E-state index contributed by atoms with van der Waals surface area (Å²) < 4.78 is 5.51. The lowest BCUT2D eigenvalue weighted by atomic mass is 9.79. The Hall–Kier alpha value is -1.80. The summed E-state index contributed by atoms with van der Waals surface area (Å²) in [6.07, 6.45) is 3.76. The minimum atomic E-state index is -0.00357. The van der Waals surface area contributed by atoms with Gasteiger partial charge in [0.2, 0.25) is 0 Å². The summed E-state index contributed by atoms with van der Waals surface area (Å²) in [4.78, 5) is 12.2. The zero-order chi connectivity index (χ0) is 14.7. The molecule has 1 aliphatic carbocycles. The lowest BCUT2D eigenvalue weighted by Crippen LogP contribution is -2.13. The fourth-order valence-electron chi connectivity index (χ4n) is 2.50. The highest BCUT2D eigenvalue weighted by Gasteiger charge is 2.20. The molecule has 0 aromatic heterocycles. The Morgan fingerprint density at radius 1 is 1.14 bits per heavy atom. The molecule has 0 saturated heterocycles. The lowest BCUT2D eigenvalue weighted by molar-refractivity contribution is 0.0921. The summed E-state index contributed by atoms with van der Waals surface area (Å²) in [5.74, 6) is 1.24. The third-order valence-corrected chi connectivity index (χ3v) is 4.19. The Labute approximate surface area is 129 Å². The first-order valence-electron chi connectivity index (χ1n) is 7.24. The van der Waals surface area contributed by atoms with Crippen molar-refractivity contribution in [3.63, 3.8) is 0 Å². The van der Waals surface area contributed by atoms with Gasteiger partial charge in [0.05, 0.1) is 0 Å². The maximum absolute atomic E-state index is 12.2. The highest BCUT2D eigenvalue weighted by molar-refractivity contribution is 6.30. The van der Waals surface area contributed by atoms with Gasteiger partial charge in [-0.2, -0.15) is 0 Å². The average Bonchev–Trinajstić information content (AvgIpc) is 2.43. The van der Waals surface area contributed by atoms with Crippen LogP contribution < -0.4 is 4.74 Å². The largest absolute Gasteiger partial charge is 0.485 e. The zero-order valence-electron chi connectivity index (χ0n) is 11.7. The van der Waals surface area contributed by atoms with Crippen LogP contribution in [-0.2, 0) is 0 Å². The first kappa shape index (κ1) is 14.2. The molecule has 0 aliphatic heterocycles. The maximum Gasteiger partial charge on any atom is 0.200 e. The van der Waals surface area contributed by atoms with Gasteiger partial charge in [0.1, 0.15) is 5.75 Å². The van der Waals surface area contributed by atoms with Crippen LogP contribution in [-0.4, -0.2) is 12.4 Å². The van der Waals surface area contributed by atoms with Crippen molar-refractivity contribution in [2.24, 2.45) is 0 Å². The summed E-state index contributed by atoms with van der Waals surface area (Å²) in [6, 6.07) is 15.0. The molecule has 2 aromatic rings.